The fourth-order valence-corrected chi connectivity index (χ4v) is 6.48. The van der Waals surface area contributed by atoms with Gasteiger partial charge in [0.15, 0.2) is 11.6 Å². The van der Waals surface area contributed by atoms with Gasteiger partial charge in [0, 0.05) is 12.0 Å². The van der Waals surface area contributed by atoms with Gasteiger partial charge in [0.25, 0.3) is 0 Å². The van der Waals surface area contributed by atoms with Crippen molar-refractivity contribution in [1.29, 1.82) is 0 Å². The van der Waals surface area contributed by atoms with Gasteiger partial charge >= 0.3 is 24.3 Å². The number of aromatic carboxylic acids is 2. The van der Waals surface area contributed by atoms with Gasteiger partial charge in [-0.2, -0.15) is 26.3 Å². The van der Waals surface area contributed by atoms with Crippen molar-refractivity contribution in [2.75, 3.05) is 45.0 Å². The third-order valence-electron chi connectivity index (χ3n) is 9.41. The highest BCUT2D eigenvalue weighted by atomic mass is 19.4. The van der Waals surface area contributed by atoms with E-state index in [-0.39, 0.29) is 89.5 Å². The summed E-state index contributed by atoms with van der Waals surface area (Å²) < 4.78 is 118. The van der Waals surface area contributed by atoms with Crippen molar-refractivity contribution >= 4 is 34.7 Å². The SMILES string of the molecule is CC1(C)OC[C@H](COc2ccc(C3=Nc4c(cccc4C(=O)O)C3)c(C(F)(F)F)c2)O1.COc1ccc(OC[C@H]2COC(C)(C)O2)cc1C(F)(F)F.Nc1cccc(C(=O)O)c1N. The number of nitrogen functional groups attached to an aromatic ring is 2. The Morgan fingerprint density at radius 3 is 1.73 bits per heavy atom. The van der Waals surface area contributed by atoms with Gasteiger partial charge in [-0.25, -0.2) is 9.59 Å². The lowest BCUT2D eigenvalue weighted by Crippen LogP contribution is -2.25. The maximum atomic E-state index is 13.8. The van der Waals surface area contributed by atoms with Gasteiger partial charge in [0.2, 0.25) is 0 Å². The van der Waals surface area contributed by atoms with E-state index in [0.717, 1.165) is 12.1 Å². The van der Waals surface area contributed by atoms with Crippen LogP contribution in [0.5, 0.6) is 17.2 Å². The van der Waals surface area contributed by atoms with Crippen LogP contribution in [0.2, 0.25) is 0 Å². The molecule has 0 radical (unpaired) electrons. The van der Waals surface area contributed by atoms with Gasteiger partial charge in [-0.15, -0.1) is 0 Å². The van der Waals surface area contributed by atoms with Crippen LogP contribution < -0.4 is 25.7 Å². The minimum absolute atomic E-state index is 0.0391. The van der Waals surface area contributed by atoms with Gasteiger partial charge in [-0.05, 0) is 87.9 Å². The molecule has 2 atom stereocenters. The molecule has 3 heterocycles. The summed E-state index contributed by atoms with van der Waals surface area (Å²) in [4.78, 5) is 26.1. The van der Waals surface area contributed by atoms with Crippen LogP contribution in [0.3, 0.4) is 0 Å². The Labute approximate surface area is 357 Å². The van der Waals surface area contributed by atoms with Crippen LogP contribution in [-0.4, -0.2) is 85.2 Å². The van der Waals surface area contributed by atoms with Gasteiger partial charge in [0.05, 0.1) is 59.8 Å². The summed E-state index contributed by atoms with van der Waals surface area (Å²) >= 11 is 0. The molecule has 0 bridgehead atoms. The summed E-state index contributed by atoms with van der Waals surface area (Å²) in [6, 6.07) is 16.4. The van der Waals surface area contributed by atoms with E-state index < -0.39 is 47.0 Å². The third-order valence-corrected chi connectivity index (χ3v) is 9.41. The fraction of sp³-hybridized carbons (Fsp3) is 0.372. The minimum atomic E-state index is -4.64. The molecule has 4 aromatic rings. The standard InChI is InChI=1S/C22H20F3NO5.C14H17F3O4.C7H8N2O2/c1-21(2)30-11-14(31-21)10-29-13-6-7-15(17(9-13)22(23,24)25)18-8-12-4-3-5-16(20(27)28)19(12)26-18;1-13(2)20-8-10(21-13)7-19-9-4-5-12(18-3)11(6-9)14(15,16)17;8-5-3-1-2-4(6(5)9)7(10)11/h3-7,9,14H,8,10-11H2,1-2H3,(H,27,28);4-6,10H,7-8H2,1-3H3;1-3H,8-9H2,(H,10,11)/t14-;10-;/m00./s1. The molecule has 2 fully saturated rings. The number of hydrogen-bond donors (Lipinski definition) is 4. The molecule has 3 aliphatic heterocycles. The number of methoxy groups -OCH3 is 1. The number of nitrogens with two attached hydrogens (primary N) is 2. The third kappa shape index (κ3) is 12.5. The van der Waals surface area contributed by atoms with Crippen molar-refractivity contribution in [3.05, 3.63) is 106 Å². The van der Waals surface area contributed by atoms with E-state index >= 15 is 0 Å². The van der Waals surface area contributed by atoms with Crippen LogP contribution in [0.4, 0.5) is 43.4 Å². The summed E-state index contributed by atoms with van der Waals surface area (Å²) in [6.45, 7) is 7.83. The van der Waals surface area contributed by atoms with Crippen LogP contribution in [0.15, 0.2) is 77.8 Å². The average molecular weight is 894 g/mol. The average Bonchev–Trinajstić information content (AvgIpc) is 3.91. The lowest BCUT2D eigenvalue weighted by atomic mass is 9.98. The van der Waals surface area contributed by atoms with Gasteiger partial charge in [-0.3, -0.25) is 4.99 Å². The highest BCUT2D eigenvalue weighted by Gasteiger charge is 2.38. The number of alkyl halides is 6. The molecular formula is C43H45F6N3O11. The maximum Gasteiger partial charge on any atom is 0.420 e. The zero-order valence-electron chi connectivity index (χ0n) is 34.6. The summed E-state index contributed by atoms with van der Waals surface area (Å²) in [5, 5.41) is 17.9. The van der Waals surface area contributed by atoms with Crippen molar-refractivity contribution < 1.29 is 79.3 Å². The topological polar surface area (TPSA) is 204 Å². The van der Waals surface area contributed by atoms with Crippen molar-refractivity contribution in [2.24, 2.45) is 4.99 Å². The number of carboxylic acids is 2. The molecular weight excluding hydrogens is 848 g/mol. The van der Waals surface area contributed by atoms with Crippen LogP contribution in [0.25, 0.3) is 0 Å². The number of ether oxygens (including phenoxy) is 7. The summed E-state index contributed by atoms with van der Waals surface area (Å²) in [6.07, 6.45) is -9.72. The number of carbonyl (C=O) groups is 2. The molecule has 340 valence electrons. The molecule has 20 heteroatoms. The summed E-state index contributed by atoms with van der Waals surface area (Å²) in [5.41, 5.74) is 10.2. The van der Waals surface area contributed by atoms with E-state index in [9.17, 15) is 41.0 Å². The van der Waals surface area contributed by atoms with Gasteiger partial charge < -0.3 is 54.8 Å². The lowest BCUT2D eigenvalue weighted by Gasteiger charge is -2.18. The van der Waals surface area contributed by atoms with E-state index in [1.54, 1.807) is 52.0 Å². The van der Waals surface area contributed by atoms with Crippen LogP contribution in [0, 0.1) is 0 Å². The number of carboxylic acid groups (broad SMARTS) is 2. The largest absolute Gasteiger partial charge is 0.496 e. The molecule has 0 spiro atoms. The lowest BCUT2D eigenvalue weighted by molar-refractivity contribution is -0.142. The number of nitrogens with zero attached hydrogens (tertiary/aromatic N) is 1. The fourth-order valence-electron chi connectivity index (χ4n) is 6.48. The first-order chi connectivity index (χ1) is 29.4. The molecule has 63 heavy (non-hydrogen) atoms. The van der Waals surface area contributed by atoms with E-state index in [1.807, 2.05) is 0 Å². The Bertz CT molecular complexity index is 2330. The molecule has 14 nitrogen and oxygen atoms in total. The molecule has 0 aliphatic carbocycles. The Kier molecular flexibility index (Phi) is 14.5. The predicted molar refractivity (Wildman–Crippen MR) is 216 cm³/mol. The second kappa shape index (κ2) is 19.1. The Morgan fingerprint density at radius 1 is 0.746 bits per heavy atom. The molecule has 0 unspecified atom stereocenters. The molecule has 6 N–H and O–H groups in total. The molecule has 3 aliphatic rings. The molecule has 0 saturated carbocycles. The minimum Gasteiger partial charge on any atom is -0.496 e. The van der Waals surface area contributed by atoms with Crippen molar-refractivity contribution in [3.63, 3.8) is 0 Å². The number of anilines is 2. The Hall–Kier alpha value is -6.09. The van der Waals surface area contributed by atoms with E-state index in [0.29, 0.717) is 17.9 Å². The number of para-hydroxylation sites is 2. The van der Waals surface area contributed by atoms with Crippen molar-refractivity contribution in [3.8, 4) is 17.2 Å². The van der Waals surface area contributed by atoms with E-state index in [4.69, 9.17) is 49.7 Å². The van der Waals surface area contributed by atoms with Crippen LogP contribution in [-0.2, 0) is 37.7 Å². The number of halogens is 6. The van der Waals surface area contributed by atoms with Crippen molar-refractivity contribution in [2.45, 2.75) is 70.3 Å². The maximum absolute atomic E-state index is 13.8. The second-order valence-corrected chi connectivity index (χ2v) is 15.1. The highest BCUT2D eigenvalue weighted by Crippen LogP contribution is 2.40. The number of hydrogen-bond acceptors (Lipinski definition) is 12. The number of benzene rings is 4. The first-order valence-electron chi connectivity index (χ1n) is 19.0. The summed E-state index contributed by atoms with van der Waals surface area (Å²) in [5.74, 6) is -3.76. The molecule has 0 amide bonds. The first kappa shape index (κ1) is 48.0. The molecule has 4 aromatic carbocycles. The molecule has 2 saturated heterocycles. The normalized spacial score (nSPS) is 18.5. The van der Waals surface area contributed by atoms with Crippen LogP contribution >= 0.6 is 0 Å². The Morgan fingerprint density at radius 2 is 1.25 bits per heavy atom. The number of aliphatic imine (C=N–C) groups is 1. The zero-order chi connectivity index (χ0) is 46.5. The van der Waals surface area contributed by atoms with Gasteiger partial charge in [0.1, 0.15) is 48.2 Å². The first-order valence-corrected chi connectivity index (χ1v) is 19.0. The highest BCUT2D eigenvalue weighted by molar-refractivity contribution is 6.10. The second-order valence-electron chi connectivity index (χ2n) is 15.1. The molecule has 7 rings (SSSR count). The Balaban J connectivity index is 0.000000201. The quantitative estimate of drug-likeness (QED) is 0.0874. The predicted octanol–water partition coefficient (Wildman–Crippen LogP) is 8.40. The van der Waals surface area contributed by atoms with Gasteiger partial charge in [-0.1, -0.05) is 18.2 Å². The number of rotatable bonds is 10. The van der Waals surface area contributed by atoms with E-state index in [1.165, 1.54) is 43.5 Å². The smallest absolute Gasteiger partial charge is 0.420 e. The summed E-state index contributed by atoms with van der Waals surface area (Å²) in [7, 11) is 1.19. The zero-order valence-corrected chi connectivity index (χ0v) is 34.6. The monoisotopic (exact) mass is 893 g/mol. The van der Waals surface area contributed by atoms with Crippen molar-refractivity contribution in [1.82, 2.24) is 0 Å². The molecule has 0 aromatic heterocycles. The van der Waals surface area contributed by atoms with Crippen LogP contribution in [0.1, 0.15) is 70.7 Å². The van der Waals surface area contributed by atoms with E-state index in [2.05, 4.69) is 4.99 Å². The number of fused-ring (bicyclic) bond motifs is 1.